The van der Waals surface area contributed by atoms with Gasteiger partial charge in [-0.05, 0) is 13.0 Å². The summed E-state index contributed by atoms with van der Waals surface area (Å²) in [4.78, 5) is 17.5. The third kappa shape index (κ3) is 4.46. The molecule has 1 atom stereocenters. The van der Waals surface area contributed by atoms with Gasteiger partial charge in [-0.3, -0.25) is 9.69 Å². The summed E-state index contributed by atoms with van der Waals surface area (Å²) < 4.78 is 7.96. The van der Waals surface area contributed by atoms with Crippen molar-refractivity contribution in [3.8, 4) is 0 Å². The van der Waals surface area contributed by atoms with Gasteiger partial charge < -0.3 is 14.4 Å². The van der Waals surface area contributed by atoms with Crippen LogP contribution < -0.4 is 0 Å². The maximum atomic E-state index is 10.7. The van der Waals surface area contributed by atoms with Gasteiger partial charge >= 0.3 is 5.97 Å². The van der Waals surface area contributed by atoms with Crippen molar-refractivity contribution >= 4 is 17.7 Å². The van der Waals surface area contributed by atoms with E-state index in [0.717, 1.165) is 50.1 Å². The van der Waals surface area contributed by atoms with Crippen molar-refractivity contribution in [1.29, 1.82) is 0 Å². The highest BCUT2D eigenvalue weighted by molar-refractivity contribution is 7.99. The van der Waals surface area contributed by atoms with Crippen molar-refractivity contribution in [3.63, 3.8) is 0 Å². The van der Waals surface area contributed by atoms with Crippen molar-refractivity contribution in [2.45, 2.75) is 38.1 Å². The average Bonchev–Trinajstić information content (AvgIpc) is 2.87. The average molecular weight is 313 g/mol. The monoisotopic (exact) mass is 313 g/mol. The van der Waals surface area contributed by atoms with Crippen molar-refractivity contribution in [2.75, 3.05) is 32.0 Å². The van der Waals surface area contributed by atoms with Crippen LogP contribution in [0.25, 0.3) is 0 Å². The Bertz CT molecular complexity index is 478. The van der Waals surface area contributed by atoms with Gasteiger partial charge in [-0.15, -0.1) is 0 Å². The molecule has 1 aliphatic rings. The highest BCUT2D eigenvalue weighted by Crippen LogP contribution is 2.20. The minimum Gasteiger partial charge on any atom is -0.481 e. The summed E-state index contributed by atoms with van der Waals surface area (Å²) >= 11 is 1.27. The molecule has 1 saturated heterocycles. The molecule has 6 nitrogen and oxygen atoms in total. The van der Waals surface area contributed by atoms with Gasteiger partial charge in [0.25, 0.3) is 0 Å². The zero-order chi connectivity index (χ0) is 15.2. The maximum Gasteiger partial charge on any atom is 0.313 e. The summed E-state index contributed by atoms with van der Waals surface area (Å²) in [5.74, 6) is -0.786. The fourth-order valence-corrected chi connectivity index (χ4v) is 3.22. The SMILES string of the molecule is CCc1cnc(SCC(=O)O)n1CC1CN(CC)CCO1. The van der Waals surface area contributed by atoms with E-state index in [1.807, 2.05) is 6.20 Å². The van der Waals surface area contributed by atoms with E-state index >= 15 is 0 Å². The quantitative estimate of drug-likeness (QED) is 0.766. The summed E-state index contributed by atoms with van der Waals surface area (Å²) in [7, 11) is 0. The van der Waals surface area contributed by atoms with E-state index in [4.69, 9.17) is 9.84 Å². The van der Waals surface area contributed by atoms with Crippen molar-refractivity contribution in [1.82, 2.24) is 14.5 Å². The van der Waals surface area contributed by atoms with Crippen molar-refractivity contribution < 1.29 is 14.6 Å². The maximum absolute atomic E-state index is 10.7. The number of likely N-dealkylation sites (N-methyl/N-ethyl adjacent to an activating group) is 1. The Morgan fingerprint density at radius 3 is 3.05 bits per heavy atom. The Morgan fingerprint density at radius 1 is 1.57 bits per heavy atom. The lowest BCUT2D eigenvalue weighted by Gasteiger charge is -2.32. The molecule has 1 fully saturated rings. The first-order valence-electron chi connectivity index (χ1n) is 7.37. The molecule has 1 unspecified atom stereocenters. The van der Waals surface area contributed by atoms with Crippen LogP contribution in [0.4, 0.5) is 0 Å². The van der Waals surface area contributed by atoms with E-state index in [9.17, 15) is 4.79 Å². The number of carbonyl (C=O) groups is 1. The van der Waals surface area contributed by atoms with Gasteiger partial charge in [0.1, 0.15) is 0 Å². The molecule has 2 heterocycles. The third-order valence-corrected chi connectivity index (χ3v) is 4.62. The van der Waals surface area contributed by atoms with E-state index in [1.165, 1.54) is 11.8 Å². The van der Waals surface area contributed by atoms with Crippen molar-refractivity contribution in [2.24, 2.45) is 0 Å². The zero-order valence-electron chi connectivity index (χ0n) is 12.6. The number of carboxylic acids is 1. The summed E-state index contributed by atoms with van der Waals surface area (Å²) in [6.07, 6.45) is 2.86. The van der Waals surface area contributed by atoms with Crippen LogP contribution in [-0.2, 0) is 22.5 Å². The molecule has 118 valence electrons. The lowest BCUT2D eigenvalue weighted by Crippen LogP contribution is -2.44. The second kappa shape index (κ2) is 7.82. The van der Waals surface area contributed by atoms with Gasteiger partial charge in [-0.2, -0.15) is 0 Å². The largest absolute Gasteiger partial charge is 0.481 e. The molecule has 0 bridgehead atoms. The molecule has 0 aliphatic carbocycles. The molecule has 1 N–H and O–H groups in total. The molecule has 0 amide bonds. The first kappa shape index (κ1) is 16.3. The van der Waals surface area contributed by atoms with Crippen molar-refractivity contribution in [3.05, 3.63) is 11.9 Å². The molecular weight excluding hydrogens is 290 g/mol. The number of morpholine rings is 1. The molecule has 1 aromatic rings. The Kier molecular flexibility index (Phi) is 6.08. The molecular formula is C14H23N3O3S. The molecule has 0 radical (unpaired) electrons. The van der Waals surface area contributed by atoms with Crippen LogP contribution in [0.3, 0.4) is 0 Å². The van der Waals surface area contributed by atoms with Gasteiger partial charge in [-0.25, -0.2) is 4.98 Å². The molecule has 2 rings (SSSR count). The standard InChI is InChI=1S/C14H23N3O3S/c1-3-11-7-15-14(21-10-13(18)19)17(11)9-12-8-16(4-2)5-6-20-12/h7,12H,3-6,8-10H2,1-2H3,(H,18,19). The highest BCUT2D eigenvalue weighted by Gasteiger charge is 2.22. The Balaban J connectivity index is 2.06. The number of ether oxygens (including phenoxy) is 1. The molecule has 0 saturated carbocycles. The first-order valence-corrected chi connectivity index (χ1v) is 8.35. The summed E-state index contributed by atoms with van der Waals surface area (Å²) in [6, 6.07) is 0. The highest BCUT2D eigenvalue weighted by atomic mass is 32.2. The summed E-state index contributed by atoms with van der Waals surface area (Å²) in [6.45, 7) is 8.67. The van der Waals surface area contributed by atoms with Crippen LogP contribution in [0.15, 0.2) is 11.4 Å². The second-order valence-electron chi connectivity index (χ2n) is 5.06. The number of rotatable bonds is 7. The van der Waals surface area contributed by atoms with E-state index < -0.39 is 5.97 Å². The lowest BCUT2D eigenvalue weighted by molar-refractivity contribution is -0.133. The summed E-state index contributed by atoms with van der Waals surface area (Å²) in [5, 5.41) is 9.60. The minimum absolute atomic E-state index is 0.0345. The number of nitrogens with zero attached hydrogens (tertiary/aromatic N) is 3. The van der Waals surface area contributed by atoms with E-state index in [0.29, 0.717) is 0 Å². The number of aromatic nitrogens is 2. The van der Waals surface area contributed by atoms with Crippen LogP contribution in [0.2, 0.25) is 0 Å². The van der Waals surface area contributed by atoms with Gasteiger partial charge in [0.2, 0.25) is 0 Å². The van der Waals surface area contributed by atoms with Gasteiger partial charge in [0, 0.05) is 25.0 Å². The lowest BCUT2D eigenvalue weighted by atomic mass is 10.2. The first-order chi connectivity index (χ1) is 10.1. The molecule has 1 aromatic heterocycles. The second-order valence-corrected chi connectivity index (χ2v) is 6.01. The number of thioether (sulfide) groups is 1. The molecule has 21 heavy (non-hydrogen) atoms. The number of imidazole rings is 1. The molecule has 0 aromatic carbocycles. The fourth-order valence-electron chi connectivity index (χ4n) is 2.49. The molecule has 0 spiro atoms. The van der Waals surface area contributed by atoms with Gasteiger partial charge in [0.15, 0.2) is 5.16 Å². The number of aliphatic carboxylic acids is 1. The van der Waals surface area contributed by atoms with Crippen LogP contribution in [0.1, 0.15) is 19.5 Å². The summed E-state index contributed by atoms with van der Waals surface area (Å²) in [5.41, 5.74) is 1.13. The Morgan fingerprint density at radius 2 is 2.38 bits per heavy atom. The van der Waals surface area contributed by atoms with Gasteiger partial charge in [-0.1, -0.05) is 25.6 Å². The molecule has 7 heteroatoms. The fraction of sp³-hybridized carbons (Fsp3) is 0.714. The third-order valence-electron chi connectivity index (χ3n) is 3.64. The van der Waals surface area contributed by atoms with Crippen LogP contribution >= 0.6 is 11.8 Å². The van der Waals surface area contributed by atoms with E-state index in [-0.39, 0.29) is 11.9 Å². The Labute approximate surface area is 129 Å². The predicted octanol–water partition coefficient (Wildman–Crippen LogP) is 1.34. The number of hydrogen-bond donors (Lipinski definition) is 1. The smallest absolute Gasteiger partial charge is 0.313 e. The Hall–Kier alpha value is -1.05. The zero-order valence-corrected chi connectivity index (χ0v) is 13.4. The normalized spacial score (nSPS) is 19.8. The van der Waals surface area contributed by atoms with E-state index in [2.05, 4.69) is 28.3 Å². The predicted molar refractivity (Wildman–Crippen MR) is 81.8 cm³/mol. The number of carboxylic acid groups (broad SMARTS) is 1. The number of aryl methyl sites for hydroxylation is 1. The minimum atomic E-state index is -0.821. The molecule has 1 aliphatic heterocycles. The van der Waals surface area contributed by atoms with Gasteiger partial charge in [0.05, 0.1) is 25.0 Å². The van der Waals surface area contributed by atoms with Crippen LogP contribution in [0, 0.1) is 0 Å². The van der Waals surface area contributed by atoms with Crippen LogP contribution in [-0.4, -0.2) is 63.6 Å². The van der Waals surface area contributed by atoms with Crippen LogP contribution in [0.5, 0.6) is 0 Å². The topological polar surface area (TPSA) is 67.6 Å². The number of hydrogen-bond acceptors (Lipinski definition) is 5. The van der Waals surface area contributed by atoms with E-state index in [1.54, 1.807) is 0 Å².